The summed E-state index contributed by atoms with van der Waals surface area (Å²) in [5.41, 5.74) is 7.10. The van der Waals surface area contributed by atoms with Gasteiger partial charge in [0.25, 0.3) is 5.92 Å². The van der Waals surface area contributed by atoms with Crippen molar-refractivity contribution in [2.45, 2.75) is 45.6 Å². The lowest BCUT2D eigenvalue weighted by molar-refractivity contribution is 0.0164. The van der Waals surface area contributed by atoms with Crippen molar-refractivity contribution in [3.63, 3.8) is 0 Å². The van der Waals surface area contributed by atoms with E-state index in [2.05, 4.69) is 0 Å². The molecule has 0 radical (unpaired) electrons. The molecular weight excluding hydrogens is 208 g/mol. The van der Waals surface area contributed by atoms with Gasteiger partial charge in [-0.15, -0.1) is 0 Å². The maximum absolute atomic E-state index is 13.4. The van der Waals surface area contributed by atoms with Gasteiger partial charge in [0, 0.05) is 18.0 Å². The summed E-state index contributed by atoms with van der Waals surface area (Å²) in [4.78, 5) is 0. The van der Waals surface area contributed by atoms with E-state index in [0.29, 0.717) is 12.0 Å². The highest BCUT2D eigenvalue weighted by Crippen LogP contribution is 2.31. The van der Waals surface area contributed by atoms with Crippen molar-refractivity contribution in [1.29, 1.82) is 0 Å². The van der Waals surface area contributed by atoms with E-state index in [4.69, 9.17) is 5.73 Å². The molecule has 2 N–H and O–H groups in total. The van der Waals surface area contributed by atoms with E-state index in [-0.39, 0.29) is 5.56 Å². The molecule has 16 heavy (non-hydrogen) atoms. The molecular formula is C13H19F2N. The van der Waals surface area contributed by atoms with Crippen LogP contribution in [0.15, 0.2) is 18.2 Å². The van der Waals surface area contributed by atoms with Gasteiger partial charge in [-0.05, 0) is 32.8 Å². The second-order valence-electron chi connectivity index (χ2n) is 5.21. The van der Waals surface area contributed by atoms with Crippen LogP contribution in [0.2, 0.25) is 0 Å². The minimum absolute atomic E-state index is 0.0802. The number of aryl methyl sites for hydroxylation is 1. The van der Waals surface area contributed by atoms with Crippen LogP contribution in [0.1, 0.15) is 37.5 Å². The van der Waals surface area contributed by atoms with Crippen molar-refractivity contribution in [1.82, 2.24) is 0 Å². The van der Waals surface area contributed by atoms with Gasteiger partial charge < -0.3 is 5.73 Å². The molecule has 0 aliphatic rings. The monoisotopic (exact) mass is 227 g/mol. The van der Waals surface area contributed by atoms with Gasteiger partial charge >= 0.3 is 0 Å². The quantitative estimate of drug-likeness (QED) is 0.841. The van der Waals surface area contributed by atoms with Gasteiger partial charge in [0.1, 0.15) is 0 Å². The summed E-state index contributed by atoms with van der Waals surface area (Å²) >= 11 is 0. The summed E-state index contributed by atoms with van der Waals surface area (Å²) in [6, 6.07) is 5.00. The summed E-state index contributed by atoms with van der Waals surface area (Å²) in [5.74, 6) is -2.81. The first-order valence-corrected chi connectivity index (χ1v) is 5.36. The Labute approximate surface area is 95.7 Å². The average molecular weight is 227 g/mol. The van der Waals surface area contributed by atoms with Gasteiger partial charge in [-0.1, -0.05) is 23.8 Å². The predicted molar refractivity (Wildman–Crippen MR) is 62.7 cm³/mol. The molecule has 0 saturated carbocycles. The smallest absolute Gasteiger partial charge is 0.270 e. The lowest BCUT2D eigenvalue weighted by atomic mass is 9.90. The van der Waals surface area contributed by atoms with Gasteiger partial charge in [0.2, 0.25) is 0 Å². The molecule has 1 aromatic rings. The molecule has 0 saturated heterocycles. The molecule has 0 bridgehead atoms. The van der Waals surface area contributed by atoms with E-state index in [1.807, 2.05) is 20.8 Å². The van der Waals surface area contributed by atoms with Crippen LogP contribution >= 0.6 is 0 Å². The number of hydrogen-bond donors (Lipinski definition) is 1. The molecule has 0 aliphatic carbocycles. The summed E-state index contributed by atoms with van der Waals surface area (Å²) in [6.07, 6.45) is 0.452. The molecule has 0 aliphatic heterocycles. The molecule has 0 spiro atoms. The maximum atomic E-state index is 13.4. The number of benzene rings is 1. The van der Waals surface area contributed by atoms with Crippen LogP contribution < -0.4 is 5.73 Å². The summed E-state index contributed by atoms with van der Waals surface area (Å²) in [7, 11) is 0. The largest absolute Gasteiger partial charge is 0.325 e. The molecule has 1 rings (SSSR count). The molecule has 0 unspecified atom stereocenters. The van der Waals surface area contributed by atoms with Crippen LogP contribution in [-0.4, -0.2) is 5.54 Å². The molecule has 0 fully saturated rings. The highest BCUT2D eigenvalue weighted by molar-refractivity contribution is 5.35. The lowest BCUT2D eigenvalue weighted by Gasteiger charge is -2.23. The SMILES string of the molecule is Cc1ccc(C(C)(F)F)c(CC(C)(C)N)c1. The zero-order valence-electron chi connectivity index (χ0n) is 10.3. The summed E-state index contributed by atoms with van der Waals surface area (Å²) < 4.78 is 26.8. The van der Waals surface area contributed by atoms with Crippen molar-refractivity contribution in [3.8, 4) is 0 Å². The molecule has 0 heterocycles. The third kappa shape index (κ3) is 3.56. The Balaban J connectivity index is 3.19. The topological polar surface area (TPSA) is 26.0 Å². The summed E-state index contributed by atoms with van der Waals surface area (Å²) in [6.45, 7) is 6.50. The molecule has 90 valence electrons. The van der Waals surface area contributed by atoms with Crippen LogP contribution in [0.3, 0.4) is 0 Å². The normalized spacial score (nSPS) is 12.9. The predicted octanol–water partition coefficient (Wildman–Crippen LogP) is 3.39. The molecule has 3 heteroatoms. The van der Waals surface area contributed by atoms with Crippen LogP contribution in [0.5, 0.6) is 0 Å². The van der Waals surface area contributed by atoms with Crippen molar-refractivity contribution in [3.05, 3.63) is 34.9 Å². The zero-order chi connectivity index (χ0) is 12.6. The standard InChI is InChI=1S/C13H19F2N/c1-9-5-6-11(13(4,14)15)10(7-9)8-12(2,3)16/h5-7H,8,16H2,1-4H3. The van der Waals surface area contributed by atoms with Gasteiger partial charge in [0.05, 0.1) is 0 Å². The fraction of sp³-hybridized carbons (Fsp3) is 0.538. The van der Waals surface area contributed by atoms with E-state index in [9.17, 15) is 8.78 Å². The first kappa shape index (κ1) is 13.1. The lowest BCUT2D eigenvalue weighted by Crippen LogP contribution is -2.35. The molecule has 1 nitrogen and oxygen atoms in total. The number of alkyl halides is 2. The van der Waals surface area contributed by atoms with Crippen LogP contribution in [-0.2, 0) is 12.3 Å². The van der Waals surface area contributed by atoms with Gasteiger partial charge in [-0.25, -0.2) is 8.78 Å². The van der Waals surface area contributed by atoms with Gasteiger partial charge in [0.15, 0.2) is 0 Å². The Kier molecular flexibility index (Phi) is 3.38. The third-order valence-electron chi connectivity index (χ3n) is 2.38. The van der Waals surface area contributed by atoms with Crippen molar-refractivity contribution >= 4 is 0 Å². The number of nitrogens with two attached hydrogens (primary N) is 1. The highest BCUT2D eigenvalue weighted by Gasteiger charge is 2.28. The Hall–Kier alpha value is -0.960. The van der Waals surface area contributed by atoms with Crippen molar-refractivity contribution in [2.75, 3.05) is 0 Å². The van der Waals surface area contributed by atoms with E-state index in [1.54, 1.807) is 12.1 Å². The van der Waals surface area contributed by atoms with Gasteiger partial charge in [-0.2, -0.15) is 0 Å². The van der Waals surface area contributed by atoms with Crippen LogP contribution in [0.25, 0.3) is 0 Å². The summed E-state index contributed by atoms with van der Waals surface area (Å²) in [5, 5.41) is 0. The van der Waals surface area contributed by atoms with Crippen molar-refractivity contribution < 1.29 is 8.78 Å². The Morgan fingerprint density at radius 3 is 2.19 bits per heavy atom. The average Bonchev–Trinajstić information content (AvgIpc) is 1.97. The minimum atomic E-state index is -2.81. The Bertz CT molecular complexity index is 372. The minimum Gasteiger partial charge on any atom is -0.325 e. The first-order valence-electron chi connectivity index (χ1n) is 5.36. The Morgan fingerprint density at radius 1 is 1.19 bits per heavy atom. The first-order chi connectivity index (χ1) is 7.09. The fourth-order valence-corrected chi connectivity index (χ4v) is 1.79. The molecule has 0 atom stereocenters. The number of halogens is 2. The van der Waals surface area contributed by atoms with E-state index in [0.717, 1.165) is 12.5 Å². The number of hydrogen-bond acceptors (Lipinski definition) is 1. The second-order valence-corrected chi connectivity index (χ2v) is 5.21. The zero-order valence-corrected chi connectivity index (χ0v) is 10.3. The fourth-order valence-electron chi connectivity index (χ4n) is 1.79. The second kappa shape index (κ2) is 4.13. The van der Waals surface area contributed by atoms with Gasteiger partial charge in [-0.3, -0.25) is 0 Å². The van der Waals surface area contributed by atoms with Crippen molar-refractivity contribution in [2.24, 2.45) is 5.73 Å². The van der Waals surface area contributed by atoms with Crippen LogP contribution in [0.4, 0.5) is 8.78 Å². The van der Waals surface area contributed by atoms with E-state index in [1.165, 1.54) is 6.07 Å². The number of rotatable bonds is 3. The highest BCUT2D eigenvalue weighted by atomic mass is 19.3. The molecule has 0 amide bonds. The molecule has 0 aromatic heterocycles. The van der Waals surface area contributed by atoms with E-state index < -0.39 is 11.5 Å². The van der Waals surface area contributed by atoms with E-state index >= 15 is 0 Å². The third-order valence-corrected chi connectivity index (χ3v) is 2.38. The Morgan fingerprint density at radius 2 is 1.75 bits per heavy atom. The maximum Gasteiger partial charge on any atom is 0.270 e. The van der Waals surface area contributed by atoms with Crippen LogP contribution in [0, 0.1) is 6.92 Å². The molecule has 1 aromatic carbocycles.